The summed E-state index contributed by atoms with van der Waals surface area (Å²) in [5.74, 6) is -1.00. The number of ether oxygens (including phenoxy) is 1. The van der Waals surface area contributed by atoms with Gasteiger partial charge in [-0.15, -0.1) is 0 Å². The maximum absolute atomic E-state index is 12.6. The van der Waals surface area contributed by atoms with Crippen LogP contribution in [-0.2, 0) is 11.4 Å². The van der Waals surface area contributed by atoms with E-state index in [4.69, 9.17) is 9.84 Å². The Morgan fingerprint density at radius 2 is 1.76 bits per heavy atom. The van der Waals surface area contributed by atoms with Crippen molar-refractivity contribution in [3.8, 4) is 11.8 Å². The highest BCUT2D eigenvalue weighted by molar-refractivity contribution is 14.1. The molecule has 0 aliphatic carbocycles. The molecule has 166 valence electrons. The average molecular weight is 729 g/mol. The number of rotatable bonds is 7. The molecular formula is C24H15BrI2N2O4. The first-order valence-electron chi connectivity index (χ1n) is 9.39. The lowest BCUT2D eigenvalue weighted by molar-refractivity contribution is -0.112. The third kappa shape index (κ3) is 7.02. The van der Waals surface area contributed by atoms with Crippen LogP contribution in [0.25, 0.3) is 6.08 Å². The van der Waals surface area contributed by atoms with Crippen LogP contribution in [0.1, 0.15) is 21.5 Å². The zero-order chi connectivity index (χ0) is 24.0. The van der Waals surface area contributed by atoms with E-state index in [2.05, 4.69) is 66.4 Å². The number of carboxylic acid groups (broad SMARTS) is 1. The Kier molecular flexibility index (Phi) is 8.87. The second-order valence-electron chi connectivity index (χ2n) is 6.74. The minimum absolute atomic E-state index is 0.0399. The Labute approximate surface area is 226 Å². The minimum Gasteiger partial charge on any atom is -0.487 e. The number of nitriles is 1. The normalized spacial score (nSPS) is 10.9. The van der Waals surface area contributed by atoms with Crippen molar-refractivity contribution in [1.82, 2.24) is 0 Å². The van der Waals surface area contributed by atoms with Gasteiger partial charge in [-0.05, 0) is 105 Å². The van der Waals surface area contributed by atoms with Crippen molar-refractivity contribution in [3.05, 3.63) is 94.5 Å². The van der Waals surface area contributed by atoms with E-state index in [-0.39, 0.29) is 11.1 Å². The molecule has 3 aromatic rings. The van der Waals surface area contributed by atoms with E-state index < -0.39 is 11.9 Å². The molecule has 6 nitrogen and oxygen atoms in total. The number of nitrogens with zero attached hydrogens (tertiary/aromatic N) is 1. The summed E-state index contributed by atoms with van der Waals surface area (Å²) in [6.45, 7) is 0.412. The number of halogens is 3. The molecule has 0 aromatic heterocycles. The van der Waals surface area contributed by atoms with Crippen LogP contribution < -0.4 is 10.1 Å². The van der Waals surface area contributed by atoms with Crippen molar-refractivity contribution < 1.29 is 19.4 Å². The molecule has 9 heteroatoms. The molecule has 0 heterocycles. The van der Waals surface area contributed by atoms with Gasteiger partial charge in [-0.3, -0.25) is 4.79 Å². The van der Waals surface area contributed by atoms with Gasteiger partial charge in [0.15, 0.2) is 0 Å². The number of carbonyl (C=O) groups excluding carboxylic acids is 1. The predicted molar refractivity (Wildman–Crippen MR) is 146 cm³/mol. The maximum atomic E-state index is 12.6. The average Bonchev–Trinajstić information content (AvgIpc) is 2.78. The zero-order valence-corrected chi connectivity index (χ0v) is 22.7. The fourth-order valence-electron chi connectivity index (χ4n) is 2.78. The monoisotopic (exact) mass is 728 g/mol. The van der Waals surface area contributed by atoms with Gasteiger partial charge in [0, 0.05) is 10.2 Å². The molecule has 3 rings (SSSR count). The van der Waals surface area contributed by atoms with E-state index in [1.54, 1.807) is 6.07 Å². The SMILES string of the molecule is N#C/C(=C/c1cc(I)c(OCc2ccc(Br)cc2)c(I)c1)C(=O)Nc1cccc(C(=O)O)c1. The maximum Gasteiger partial charge on any atom is 0.335 e. The van der Waals surface area contributed by atoms with E-state index in [1.807, 2.05) is 42.5 Å². The quantitative estimate of drug-likeness (QED) is 0.165. The third-order valence-corrected chi connectivity index (χ3v) is 6.49. The van der Waals surface area contributed by atoms with Gasteiger partial charge >= 0.3 is 5.97 Å². The second kappa shape index (κ2) is 11.6. The smallest absolute Gasteiger partial charge is 0.335 e. The first-order chi connectivity index (χ1) is 15.8. The largest absolute Gasteiger partial charge is 0.487 e. The molecule has 0 atom stereocenters. The number of benzene rings is 3. The zero-order valence-electron chi connectivity index (χ0n) is 16.8. The second-order valence-corrected chi connectivity index (χ2v) is 9.98. The van der Waals surface area contributed by atoms with Gasteiger partial charge in [0.05, 0.1) is 12.7 Å². The van der Waals surface area contributed by atoms with Gasteiger partial charge in [0.25, 0.3) is 5.91 Å². The fourth-order valence-corrected chi connectivity index (χ4v) is 5.17. The minimum atomic E-state index is -1.10. The van der Waals surface area contributed by atoms with Gasteiger partial charge in [-0.25, -0.2) is 4.79 Å². The molecule has 33 heavy (non-hydrogen) atoms. The van der Waals surface area contributed by atoms with E-state index in [9.17, 15) is 14.9 Å². The number of hydrogen-bond acceptors (Lipinski definition) is 4. The molecule has 0 spiro atoms. The summed E-state index contributed by atoms with van der Waals surface area (Å²) in [6, 6.07) is 19.3. The Morgan fingerprint density at radius 3 is 2.36 bits per heavy atom. The lowest BCUT2D eigenvalue weighted by Crippen LogP contribution is -2.14. The Balaban J connectivity index is 1.77. The summed E-state index contributed by atoms with van der Waals surface area (Å²) in [7, 11) is 0. The number of amides is 1. The molecule has 0 bridgehead atoms. The number of hydrogen-bond donors (Lipinski definition) is 2. The van der Waals surface area contributed by atoms with Gasteiger partial charge in [0.2, 0.25) is 0 Å². The van der Waals surface area contributed by atoms with Crippen molar-refractivity contribution in [2.45, 2.75) is 6.61 Å². The molecule has 2 N–H and O–H groups in total. The van der Waals surface area contributed by atoms with Crippen LogP contribution in [0.4, 0.5) is 5.69 Å². The van der Waals surface area contributed by atoms with Crippen molar-refractivity contribution >= 4 is 84.8 Å². The standard InChI is InChI=1S/C24H15BrI2N2O4/c25-18-6-4-14(5-7-18)13-33-22-20(26)9-15(10-21(22)27)8-17(12-28)23(30)29-19-3-1-2-16(11-19)24(31)32/h1-11H,13H2,(H,29,30)(H,31,32)/b17-8-. The molecule has 0 aliphatic rings. The molecule has 0 saturated heterocycles. The molecule has 0 aliphatic heterocycles. The third-order valence-electron chi connectivity index (χ3n) is 4.36. The van der Waals surface area contributed by atoms with Crippen LogP contribution in [0.5, 0.6) is 5.75 Å². The lowest BCUT2D eigenvalue weighted by atomic mass is 10.1. The van der Waals surface area contributed by atoms with Gasteiger partial charge in [0.1, 0.15) is 24.0 Å². The molecule has 0 saturated carbocycles. The van der Waals surface area contributed by atoms with E-state index >= 15 is 0 Å². The van der Waals surface area contributed by atoms with E-state index in [0.717, 1.165) is 22.9 Å². The Bertz CT molecular complexity index is 1260. The number of aromatic carboxylic acids is 1. The Morgan fingerprint density at radius 1 is 1.09 bits per heavy atom. The summed E-state index contributed by atoms with van der Waals surface area (Å²) < 4.78 is 8.68. The van der Waals surface area contributed by atoms with Crippen molar-refractivity contribution in [2.75, 3.05) is 5.32 Å². The predicted octanol–water partition coefficient (Wildman–Crippen LogP) is 6.48. The number of carbonyl (C=O) groups is 2. The summed E-state index contributed by atoms with van der Waals surface area (Å²) in [6.07, 6.45) is 1.49. The van der Waals surface area contributed by atoms with Crippen LogP contribution in [-0.4, -0.2) is 17.0 Å². The Hall–Kier alpha value is -2.43. The van der Waals surface area contributed by atoms with E-state index in [1.165, 1.54) is 24.3 Å². The molecule has 3 aromatic carbocycles. The van der Waals surface area contributed by atoms with Crippen molar-refractivity contribution in [3.63, 3.8) is 0 Å². The molecule has 0 unspecified atom stereocenters. The summed E-state index contributed by atoms with van der Waals surface area (Å²) in [4.78, 5) is 23.7. The lowest BCUT2D eigenvalue weighted by Gasteiger charge is -2.12. The number of anilines is 1. The highest BCUT2D eigenvalue weighted by Crippen LogP contribution is 2.30. The van der Waals surface area contributed by atoms with Crippen LogP contribution in [0.3, 0.4) is 0 Å². The molecular weight excluding hydrogens is 714 g/mol. The highest BCUT2D eigenvalue weighted by Gasteiger charge is 2.13. The fraction of sp³-hybridized carbons (Fsp3) is 0.0417. The summed E-state index contributed by atoms with van der Waals surface area (Å²) in [5, 5.41) is 21.2. The highest BCUT2D eigenvalue weighted by atomic mass is 127. The van der Waals surface area contributed by atoms with E-state index in [0.29, 0.717) is 17.9 Å². The van der Waals surface area contributed by atoms with Gasteiger partial charge in [-0.1, -0.05) is 34.1 Å². The number of nitrogens with one attached hydrogen (secondary N) is 1. The van der Waals surface area contributed by atoms with Crippen molar-refractivity contribution in [1.29, 1.82) is 5.26 Å². The van der Waals surface area contributed by atoms with Gasteiger partial charge < -0.3 is 15.2 Å². The van der Waals surface area contributed by atoms with Crippen LogP contribution in [0, 0.1) is 18.5 Å². The summed E-state index contributed by atoms with van der Waals surface area (Å²) >= 11 is 7.73. The first-order valence-corrected chi connectivity index (χ1v) is 12.3. The molecule has 0 radical (unpaired) electrons. The van der Waals surface area contributed by atoms with Crippen molar-refractivity contribution in [2.24, 2.45) is 0 Å². The van der Waals surface area contributed by atoms with Crippen LogP contribution in [0.15, 0.2) is 70.7 Å². The van der Waals surface area contributed by atoms with Crippen LogP contribution >= 0.6 is 61.1 Å². The summed E-state index contributed by atoms with van der Waals surface area (Å²) in [5.41, 5.74) is 1.93. The molecule has 0 fully saturated rings. The first kappa shape index (κ1) is 25.2. The number of carboxylic acids is 1. The topological polar surface area (TPSA) is 99.4 Å². The molecule has 1 amide bonds. The van der Waals surface area contributed by atoms with Crippen LogP contribution in [0.2, 0.25) is 0 Å². The van der Waals surface area contributed by atoms with Gasteiger partial charge in [-0.2, -0.15) is 5.26 Å².